The summed E-state index contributed by atoms with van der Waals surface area (Å²) in [5.74, 6) is 0.0614. The molecule has 2 aromatic carbocycles. The summed E-state index contributed by atoms with van der Waals surface area (Å²) < 4.78 is 25.2. The topological polar surface area (TPSA) is 46.2 Å². The van der Waals surface area contributed by atoms with Crippen molar-refractivity contribution in [2.24, 2.45) is 0 Å². The van der Waals surface area contributed by atoms with Crippen LogP contribution < -0.4 is 5.32 Å². The number of hydrogen-bond donors (Lipinski definition) is 1. The SMILES string of the molecule is Cc1ccccc1CS(=O)(=O)c1ccc2c(c1)CCCN2. The van der Waals surface area contributed by atoms with E-state index in [9.17, 15) is 8.42 Å². The van der Waals surface area contributed by atoms with Crippen molar-refractivity contribution in [1.29, 1.82) is 0 Å². The summed E-state index contributed by atoms with van der Waals surface area (Å²) in [7, 11) is -3.30. The van der Waals surface area contributed by atoms with Gasteiger partial charge in [0.1, 0.15) is 0 Å². The molecule has 0 saturated carbocycles. The highest BCUT2D eigenvalue weighted by molar-refractivity contribution is 7.90. The lowest BCUT2D eigenvalue weighted by molar-refractivity contribution is 0.595. The van der Waals surface area contributed by atoms with Gasteiger partial charge in [-0.25, -0.2) is 8.42 Å². The number of nitrogens with one attached hydrogen (secondary N) is 1. The van der Waals surface area contributed by atoms with Crippen LogP contribution in [0, 0.1) is 6.92 Å². The van der Waals surface area contributed by atoms with Crippen LogP contribution in [0.25, 0.3) is 0 Å². The lowest BCUT2D eigenvalue weighted by Crippen LogP contribution is -2.13. The molecule has 0 fully saturated rings. The highest BCUT2D eigenvalue weighted by Gasteiger charge is 2.19. The molecule has 3 nitrogen and oxygen atoms in total. The molecule has 0 bridgehead atoms. The van der Waals surface area contributed by atoms with Gasteiger partial charge < -0.3 is 5.32 Å². The molecule has 0 unspecified atom stereocenters. The van der Waals surface area contributed by atoms with Gasteiger partial charge in [0.25, 0.3) is 0 Å². The van der Waals surface area contributed by atoms with Crippen LogP contribution in [-0.4, -0.2) is 15.0 Å². The molecular formula is C17H19NO2S. The first kappa shape index (κ1) is 14.1. The van der Waals surface area contributed by atoms with Crippen LogP contribution in [0.5, 0.6) is 0 Å². The Kier molecular flexibility index (Phi) is 3.72. The van der Waals surface area contributed by atoms with Crippen LogP contribution in [0.4, 0.5) is 5.69 Å². The summed E-state index contributed by atoms with van der Waals surface area (Å²) in [6, 6.07) is 13.1. The Morgan fingerprint density at radius 3 is 2.76 bits per heavy atom. The largest absolute Gasteiger partial charge is 0.385 e. The number of rotatable bonds is 3. The Balaban J connectivity index is 1.93. The minimum Gasteiger partial charge on any atom is -0.385 e. The summed E-state index contributed by atoms with van der Waals surface area (Å²) in [4.78, 5) is 0.424. The first-order valence-electron chi connectivity index (χ1n) is 7.20. The van der Waals surface area contributed by atoms with Crippen molar-refractivity contribution in [2.45, 2.75) is 30.4 Å². The number of hydrogen-bond acceptors (Lipinski definition) is 3. The lowest BCUT2D eigenvalue weighted by atomic mass is 10.0. The van der Waals surface area contributed by atoms with E-state index in [0.29, 0.717) is 4.90 Å². The number of fused-ring (bicyclic) bond motifs is 1. The Hall–Kier alpha value is -1.81. The van der Waals surface area contributed by atoms with Crippen LogP contribution in [-0.2, 0) is 22.0 Å². The van der Waals surface area contributed by atoms with Gasteiger partial charge in [-0.2, -0.15) is 0 Å². The molecule has 3 rings (SSSR count). The van der Waals surface area contributed by atoms with E-state index in [1.54, 1.807) is 6.07 Å². The van der Waals surface area contributed by atoms with Gasteiger partial charge in [0.2, 0.25) is 0 Å². The number of benzene rings is 2. The van der Waals surface area contributed by atoms with Gasteiger partial charge in [-0.1, -0.05) is 24.3 Å². The summed E-state index contributed by atoms with van der Waals surface area (Å²) in [5, 5.41) is 3.31. The Bertz CT molecular complexity index is 766. The Morgan fingerprint density at radius 2 is 1.95 bits per heavy atom. The normalized spacial score (nSPS) is 14.3. The maximum atomic E-state index is 12.6. The van der Waals surface area contributed by atoms with Crippen molar-refractivity contribution in [1.82, 2.24) is 0 Å². The molecule has 1 aliphatic rings. The van der Waals surface area contributed by atoms with Gasteiger partial charge in [0.05, 0.1) is 10.6 Å². The van der Waals surface area contributed by atoms with Gasteiger partial charge >= 0.3 is 0 Å². The van der Waals surface area contributed by atoms with E-state index in [1.807, 2.05) is 43.3 Å². The zero-order valence-corrected chi connectivity index (χ0v) is 12.9. The van der Waals surface area contributed by atoms with Gasteiger partial charge in [-0.05, 0) is 54.7 Å². The van der Waals surface area contributed by atoms with E-state index >= 15 is 0 Å². The fraction of sp³-hybridized carbons (Fsp3) is 0.294. The number of anilines is 1. The highest BCUT2D eigenvalue weighted by atomic mass is 32.2. The van der Waals surface area contributed by atoms with Crippen molar-refractivity contribution < 1.29 is 8.42 Å². The van der Waals surface area contributed by atoms with Crippen molar-refractivity contribution >= 4 is 15.5 Å². The molecule has 0 radical (unpaired) electrons. The Labute approximate surface area is 125 Å². The third-order valence-corrected chi connectivity index (χ3v) is 5.64. The minimum atomic E-state index is -3.30. The predicted octanol–water partition coefficient (Wildman–Crippen LogP) is 3.33. The maximum Gasteiger partial charge on any atom is 0.182 e. The summed E-state index contributed by atoms with van der Waals surface area (Å²) in [6.07, 6.45) is 1.99. The Morgan fingerprint density at radius 1 is 1.14 bits per heavy atom. The van der Waals surface area contributed by atoms with Crippen LogP contribution in [0.15, 0.2) is 47.4 Å². The molecule has 1 aliphatic heterocycles. The molecule has 110 valence electrons. The number of sulfone groups is 1. The molecule has 0 saturated heterocycles. The van der Waals surface area contributed by atoms with E-state index in [2.05, 4.69) is 5.32 Å². The van der Waals surface area contributed by atoms with Crippen LogP contribution >= 0.6 is 0 Å². The van der Waals surface area contributed by atoms with Crippen molar-refractivity contribution in [3.05, 3.63) is 59.2 Å². The second-order valence-electron chi connectivity index (χ2n) is 5.53. The van der Waals surface area contributed by atoms with Crippen LogP contribution in [0.2, 0.25) is 0 Å². The standard InChI is InChI=1S/C17H19NO2S/c1-13-5-2-3-6-15(13)12-21(19,20)16-8-9-17-14(11-16)7-4-10-18-17/h2-3,5-6,8-9,11,18H,4,7,10,12H2,1H3. The molecule has 21 heavy (non-hydrogen) atoms. The van der Waals surface area contributed by atoms with Gasteiger partial charge in [0, 0.05) is 12.2 Å². The van der Waals surface area contributed by atoms with Gasteiger partial charge in [0.15, 0.2) is 9.84 Å². The smallest absolute Gasteiger partial charge is 0.182 e. The first-order valence-corrected chi connectivity index (χ1v) is 8.85. The van der Waals surface area contributed by atoms with Gasteiger partial charge in [-0.3, -0.25) is 0 Å². The van der Waals surface area contributed by atoms with E-state index < -0.39 is 9.84 Å². The van der Waals surface area contributed by atoms with E-state index in [-0.39, 0.29) is 5.75 Å². The number of aryl methyl sites for hydroxylation is 2. The minimum absolute atomic E-state index is 0.0614. The van der Waals surface area contributed by atoms with Crippen LogP contribution in [0.1, 0.15) is 23.1 Å². The lowest BCUT2D eigenvalue weighted by Gasteiger charge is -2.18. The molecule has 0 atom stereocenters. The van der Waals surface area contributed by atoms with Crippen molar-refractivity contribution in [2.75, 3.05) is 11.9 Å². The maximum absolute atomic E-state index is 12.6. The van der Waals surface area contributed by atoms with Gasteiger partial charge in [-0.15, -0.1) is 0 Å². The zero-order valence-electron chi connectivity index (χ0n) is 12.1. The molecule has 1 N–H and O–H groups in total. The van der Waals surface area contributed by atoms with E-state index in [0.717, 1.165) is 41.8 Å². The third-order valence-electron chi connectivity index (χ3n) is 3.98. The third kappa shape index (κ3) is 2.95. The molecule has 0 amide bonds. The summed E-state index contributed by atoms with van der Waals surface area (Å²) >= 11 is 0. The van der Waals surface area contributed by atoms with Crippen molar-refractivity contribution in [3.8, 4) is 0 Å². The summed E-state index contributed by atoms with van der Waals surface area (Å²) in [6.45, 7) is 2.91. The molecule has 0 aliphatic carbocycles. The fourth-order valence-corrected chi connectivity index (χ4v) is 4.20. The van der Waals surface area contributed by atoms with E-state index in [4.69, 9.17) is 0 Å². The molecule has 2 aromatic rings. The molecular weight excluding hydrogens is 282 g/mol. The van der Waals surface area contributed by atoms with E-state index in [1.165, 1.54) is 0 Å². The van der Waals surface area contributed by atoms with Crippen LogP contribution in [0.3, 0.4) is 0 Å². The second-order valence-corrected chi connectivity index (χ2v) is 7.52. The summed E-state index contributed by atoms with van der Waals surface area (Å²) in [5.41, 5.74) is 4.05. The molecule has 4 heteroatoms. The van der Waals surface area contributed by atoms with Crippen molar-refractivity contribution in [3.63, 3.8) is 0 Å². The first-order chi connectivity index (χ1) is 10.1. The monoisotopic (exact) mass is 301 g/mol. The highest BCUT2D eigenvalue weighted by Crippen LogP contribution is 2.27. The fourth-order valence-electron chi connectivity index (χ4n) is 2.70. The zero-order chi connectivity index (χ0) is 14.9. The molecule has 0 spiro atoms. The quantitative estimate of drug-likeness (QED) is 0.946. The average Bonchev–Trinajstić information content (AvgIpc) is 2.49. The average molecular weight is 301 g/mol. The molecule has 0 aromatic heterocycles. The second kappa shape index (κ2) is 5.53. The predicted molar refractivity (Wildman–Crippen MR) is 85.3 cm³/mol. The molecule has 1 heterocycles.